The predicted octanol–water partition coefficient (Wildman–Crippen LogP) is 0.560. The van der Waals surface area contributed by atoms with Crippen molar-refractivity contribution in [1.29, 1.82) is 5.26 Å². The summed E-state index contributed by atoms with van der Waals surface area (Å²) in [6.07, 6.45) is 1.05. The van der Waals surface area contributed by atoms with E-state index in [0.29, 0.717) is 24.4 Å². The van der Waals surface area contributed by atoms with E-state index in [9.17, 15) is 9.32 Å². The first-order chi connectivity index (χ1) is 8.13. The summed E-state index contributed by atoms with van der Waals surface area (Å²) in [7, 11) is -0.809. The summed E-state index contributed by atoms with van der Waals surface area (Å²) in [5.41, 5.74) is 1.35. The Morgan fingerprint density at radius 3 is 2.65 bits per heavy atom. The first-order valence-corrected chi connectivity index (χ1v) is 7.05. The summed E-state index contributed by atoms with van der Waals surface area (Å²) in [5.74, 6) is 0.583. The van der Waals surface area contributed by atoms with Crippen molar-refractivity contribution in [3.8, 4) is 6.07 Å². The van der Waals surface area contributed by atoms with Crippen LogP contribution < -0.4 is 5.32 Å². The molecule has 0 amide bonds. The van der Waals surface area contributed by atoms with Crippen LogP contribution in [0.1, 0.15) is 17.2 Å². The van der Waals surface area contributed by atoms with E-state index in [4.69, 9.17) is 5.26 Å². The SMILES string of the molecule is CS(=O)CCNCC(O)c1ccc(C#N)cc1. The Bertz CT molecular complexity index is 412. The summed E-state index contributed by atoms with van der Waals surface area (Å²) in [6.45, 7) is 1.04. The van der Waals surface area contributed by atoms with Crippen LogP contribution in [-0.4, -0.2) is 34.4 Å². The van der Waals surface area contributed by atoms with Crippen molar-refractivity contribution >= 4 is 10.8 Å². The van der Waals surface area contributed by atoms with Gasteiger partial charge in [0.1, 0.15) is 0 Å². The van der Waals surface area contributed by atoms with Crippen LogP contribution in [0.25, 0.3) is 0 Å². The van der Waals surface area contributed by atoms with Gasteiger partial charge in [-0.05, 0) is 17.7 Å². The van der Waals surface area contributed by atoms with Gasteiger partial charge in [-0.25, -0.2) is 0 Å². The fourth-order valence-corrected chi connectivity index (χ4v) is 1.78. The summed E-state index contributed by atoms with van der Waals surface area (Å²) >= 11 is 0. The maximum Gasteiger partial charge on any atom is 0.0991 e. The van der Waals surface area contributed by atoms with Gasteiger partial charge in [0.05, 0.1) is 17.7 Å². The molecule has 0 aromatic heterocycles. The highest BCUT2D eigenvalue weighted by Gasteiger charge is 2.06. The normalized spacial score (nSPS) is 13.9. The van der Waals surface area contributed by atoms with Gasteiger partial charge in [0, 0.05) is 35.9 Å². The molecular weight excluding hydrogens is 236 g/mol. The van der Waals surface area contributed by atoms with E-state index in [1.807, 2.05) is 6.07 Å². The van der Waals surface area contributed by atoms with Crippen molar-refractivity contribution in [2.24, 2.45) is 0 Å². The molecule has 92 valence electrons. The van der Waals surface area contributed by atoms with Gasteiger partial charge in [-0.2, -0.15) is 5.26 Å². The maximum absolute atomic E-state index is 10.8. The lowest BCUT2D eigenvalue weighted by Crippen LogP contribution is -2.25. The number of benzene rings is 1. The molecule has 0 saturated carbocycles. The number of nitrogens with zero attached hydrogens (tertiary/aromatic N) is 1. The minimum Gasteiger partial charge on any atom is -0.387 e. The largest absolute Gasteiger partial charge is 0.387 e. The van der Waals surface area contributed by atoms with Gasteiger partial charge in [0.15, 0.2) is 0 Å². The molecule has 0 aliphatic rings. The molecule has 17 heavy (non-hydrogen) atoms. The lowest BCUT2D eigenvalue weighted by Gasteiger charge is -2.11. The molecule has 0 fully saturated rings. The molecule has 1 aromatic rings. The number of rotatable bonds is 6. The second-order valence-corrected chi connectivity index (χ2v) is 5.29. The molecule has 0 saturated heterocycles. The molecule has 1 rings (SSSR count). The average Bonchev–Trinajstić information content (AvgIpc) is 2.34. The molecular formula is C12H16N2O2S. The van der Waals surface area contributed by atoms with Crippen molar-refractivity contribution in [2.45, 2.75) is 6.10 Å². The molecule has 0 radical (unpaired) electrons. The highest BCUT2D eigenvalue weighted by Crippen LogP contribution is 2.12. The van der Waals surface area contributed by atoms with Crippen molar-refractivity contribution < 1.29 is 9.32 Å². The third-order valence-corrected chi connectivity index (χ3v) is 3.11. The van der Waals surface area contributed by atoms with Crippen LogP contribution in [0.5, 0.6) is 0 Å². The fourth-order valence-electron chi connectivity index (χ4n) is 1.35. The Balaban J connectivity index is 2.39. The first kappa shape index (κ1) is 13.8. The molecule has 2 atom stereocenters. The van der Waals surface area contributed by atoms with Gasteiger partial charge in [0.2, 0.25) is 0 Å². The van der Waals surface area contributed by atoms with Crippen molar-refractivity contribution in [3.63, 3.8) is 0 Å². The van der Waals surface area contributed by atoms with E-state index in [0.717, 1.165) is 5.56 Å². The molecule has 0 spiro atoms. The van der Waals surface area contributed by atoms with Crippen molar-refractivity contribution in [3.05, 3.63) is 35.4 Å². The average molecular weight is 252 g/mol. The Labute approximate surface area is 104 Å². The number of nitriles is 1. The Hall–Kier alpha value is -1.22. The van der Waals surface area contributed by atoms with Crippen LogP contribution >= 0.6 is 0 Å². The molecule has 2 unspecified atom stereocenters. The van der Waals surface area contributed by atoms with E-state index in [1.54, 1.807) is 30.5 Å². The molecule has 1 aromatic carbocycles. The van der Waals surface area contributed by atoms with E-state index in [1.165, 1.54) is 0 Å². The minimum atomic E-state index is -0.809. The van der Waals surface area contributed by atoms with Gasteiger partial charge in [-0.1, -0.05) is 12.1 Å². The molecule has 0 heterocycles. The predicted molar refractivity (Wildman–Crippen MR) is 67.9 cm³/mol. The standard InChI is InChI=1S/C12H16N2O2S/c1-17(16)7-6-14-9-12(15)11-4-2-10(8-13)3-5-11/h2-5,12,14-15H,6-7,9H2,1H3. The highest BCUT2D eigenvalue weighted by molar-refractivity contribution is 7.84. The monoisotopic (exact) mass is 252 g/mol. The van der Waals surface area contributed by atoms with Crippen LogP contribution in [0.4, 0.5) is 0 Å². The van der Waals surface area contributed by atoms with Crippen molar-refractivity contribution in [2.75, 3.05) is 25.1 Å². The lowest BCUT2D eigenvalue weighted by molar-refractivity contribution is 0.175. The third kappa shape index (κ3) is 5.09. The summed E-state index contributed by atoms with van der Waals surface area (Å²) < 4.78 is 10.8. The maximum atomic E-state index is 10.8. The van der Waals surface area contributed by atoms with Crippen LogP contribution in [-0.2, 0) is 10.8 Å². The van der Waals surface area contributed by atoms with E-state index >= 15 is 0 Å². The smallest absolute Gasteiger partial charge is 0.0991 e. The lowest BCUT2D eigenvalue weighted by atomic mass is 10.1. The molecule has 0 aliphatic carbocycles. The second-order valence-electron chi connectivity index (χ2n) is 3.73. The van der Waals surface area contributed by atoms with Crippen LogP contribution in [0.2, 0.25) is 0 Å². The van der Waals surface area contributed by atoms with Gasteiger partial charge in [-0.3, -0.25) is 4.21 Å². The molecule has 0 bridgehead atoms. The summed E-state index contributed by atoms with van der Waals surface area (Å²) in [4.78, 5) is 0. The number of hydrogen-bond donors (Lipinski definition) is 2. The van der Waals surface area contributed by atoms with Crippen molar-refractivity contribution in [1.82, 2.24) is 5.32 Å². The van der Waals surface area contributed by atoms with Crippen LogP contribution in [0.15, 0.2) is 24.3 Å². The zero-order valence-corrected chi connectivity index (χ0v) is 10.5. The van der Waals surface area contributed by atoms with E-state index < -0.39 is 16.9 Å². The van der Waals surface area contributed by atoms with Crippen LogP contribution in [0, 0.1) is 11.3 Å². The Morgan fingerprint density at radius 2 is 2.12 bits per heavy atom. The van der Waals surface area contributed by atoms with Gasteiger partial charge >= 0.3 is 0 Å². The zero-order chi connectivity index (χ0) is 12.7. The fraction of sp³-hybridized carbons (Fsp3) is 0.417. The molecule has 2 N–H and O–H groups in total. The second kappa shape index (κ2) is 7.17. The van der Waals surface area contributed by atoms with Crippen LogP contribution in [0.3, 0.4) is 0 Å². The third-order valence-electron chi connectivity index (χ3n) is 2.33. The summed E-state index contributed by atoms with van der Waals surface area (Å²) in [5, 5.41) is 21.5. The minimum absolute atomic E-state index is 0.420. The van der Waals surface area contributed by atoms with E-state index in [2.05, 4.69) is 5.32 Å². The first-order valence-electron chi connectivity index (χ1n) is 5.32. The Kier molecular flexibility index (Phi) is 5.84. The van der Waals surface area contributed by atoms with Gasteiger partial charge in [-0.15, -0.1) is 0 Å². The quantitative estimate of drug-likeness (QED) is 0.726. The zero-order valence-electron chi connectivity index (χ0n) is 9.72. The number of hydrogen-bond acceptors (Lipinski definition) is 4. The topological polar surface area (TPSA) is 73.1 Å². The number of nitrogens with one attached hydrogen (secondary N) is 1. The molecule has 5 heteroatoms. The number of aliphatic hydroxyl groups is 1. The highest BCUT2D eigenvalue weighted by atomic mass is 32.2. The molecule has 0 aliphatic heterocycles. The van der Waals surface area contributed by atoms with Gasteiger partial charge in [0.25, 0.3) is 0 Å². The van der Waals surface area contributed by atoms with E-state index in [-0.39, 0.29) is 0 Å². The molecule has 4 nitrogen and oxygen atoms in total. The number of aliphatic hydroxyl groups excluding tert-OH is 1. The summed E-state index contributed by atoms with van der Waals surface area (Å²) in [6, 6.07) is 8.87. The Morgan fingerprint density at radius 1 is 1.47 bits per heavy atom. The van der Waals surface area contributed by atoms with Gasteiger partial charge < -0.3 is 10.4 Å².